The van der Waals surface area contributed by atoms with Gasteiger partial charge in [-0.05, 0) is 37.3 Å². The summed E-state index contributed by atoms with van der Waals surface area (Å²) in [6.07, 6.45) is 0. The highest BCUT2D eigenvalue weighted by molar-refractivity contribution is 7.92. The quantitative estimate of drug-likeness (QED) is 0.496. The van der Waals surface area contributed by atoms with Crippen molar-refractivity contribution in [1.29, 1.82) is 0 Å². The number of nitrogens with one attached hydrogen (secondary N) is 1. The maximum absolute atomic E-state index is 13.0. The Hall–Kier alpha value is -3.17. The molecule has 4 aromatic rings. The highest BCUT2D eigenvalue weighted by Crippen LogP contribution is 2.24. The molecule has 0 aliphatic rings. The zero-order chi connectivity index (χ0) is 21.3. The monoisotopic (exact) mass is 440 g/mol. The minimum atomic E-state index is -3.70. The van der Waals surface area contributed by atoms with Crippen LogP contribution in [-0.4, -0.2) is 24.9 Å². The van der Waals surface area contributed by atoms with Crippen LogP contribution in [0.25, 0.3) is 4.96 Å². The van der Waals surface area contributed by atoms with Crippen LogP contribution in [0.15, 0.2) is 75.7 Å². The van der Waals surface area contributed by atoms with Crippen molar-refractivity contribution in [3.63, 3.8) is 0 Å². The first-order valence-electron chi connectivity index (χ1n) is 9.21. The lowest BCUT2D eigenvalue weighted by molar-refractivity contribution is 0.594. The molecule has 7 nitrogen and oxygen atoms in total. The predicted molar refractivity (Wildman–Crippen MR) is 120 cm³/mol. The minimum Gasteiger partial charge on any atom is -0.379 e. The molecule has 0 amide bonds. The first-order chi connectivity index (χ1) is 14.4. The van der Waals surface area contributed by atoms with Gasteiger partial charge >= 0.3 is 0 Å². The summed E-state index contributed by atoms with van der Waals surface area (Å²) in [5.74, 6) is 0. The van der Waals surface area contributed by atoms with Gasteiger partial charge in [-0.3, -0.25) is 13.5 Å². The number of anilines is 2. The Morgan fingerprint density at radius 2 is 1.87 bits per heavy atom. The molecule has 30 heavy (non-hydrogen) atoms. The topological polar surface area (TPSA) is 83.8 Å². The number of rotatable bonds is 6. The highest BCUT2D eigenvalue weighted by Gasteiger charge is 2.21. The fourth-order valence-corrected chi connectivity index (χ4v) is 5.22. The summed E-state index contributed by atoms with van der Waals surface area (Å²) in [5, 5.41) is 5.05. The Balaban J connectivity index is 1.56. The molecular formula is C21H20N4O3S2. The summed E-state index contributed by atoms with van der Waals surface area (Å²) >= 11 is 1.41. The minimum absolute atomic E-state index is 0.128. The predicted octanol–water partition coefficient (Wildman–Crippen LogP) is 3.50. The molecule has 4 rings (SSSR count). The average Bonchev–Trinajstić information content (AvgIpc) is 3.13. The molecule has 0 atom stereocenters. The van der Waals surface area contributed by atoms with Gasteiger partial charge in [0.15, 0.2) is 4.96 Å². The number of nitrogens with zero attached hydrogens (tertiary/aromatic N) is 3. The van der Waals surface area contributed by atoms with E-state index in [-0.39, 0.29) is 10.5 Å². The summed E-state index contributed by atoms with van der Waals surface area (Å²) in [6, 6.07) is 17.0. The summed E-state index contributed by atoms with van der Waals surface area (Å²) in [5.41, 5.74) is 2.53. The van der Waals surface area contributed by atoms with Crippen molar-refractivity contribution in [3.05, 3.63) is 87.8 Å². The Morgan fingerprint density at radius 1 is 1.10 bits per heavy atom. The lowest BCUT2D eigenvalue weighted by Gasteiger charge is -2.20. The summed E-state index contributed by atoms with van der Waals surface area (Å²) in [4.78, 5) is 17.6. The van der Waals surface area contributed by atoms with E-state index >= 15 is 0 Å². The first kappa shape index (κ1) is 20.1. The third-order valence-corrected chi connectivity index (χ3v) is 7.44. The van der Waals surface area contributed by atoms with Gasteiger partial charge in [-0.2, -0.15) is 0 Å². The molecule has 0 saturated carbocycles. The van der Waals surface area contributed by atoms with E-state index in [2.05, 4.69) is 10.3 Å². The summed E-state index contributed by atoms with van der Waals surface area (Å²) < 4.78 is 28.8. The maximum Gasteiger partial charge on any atom is 0.264 e. The van der Waals surface area contributed by atoms with Crippen LogP contribution in [-0.2, 0) is 16.6 Å². The molecule has 2 heterocycles. The van der Waals surface area contributed by atoms with Gasteiger partial charge < -0.3 is 5.32 Å². The molecule has 2 aromatic heterocycles. The first-order valence-corrected chi connectivity index (χ1v) is 11.5. The molecule has 0 radical (unpaired) electrons. The molecule has 0 fully saturated rings. The van der Waals surface area contributed by atoms with E-state index in [4.69, 9.17) is 0 Å². The third-order valence-electron chi connectivity index (χ3n) is 4.71. The van der Waals surface area contributed by atoms with Crippen LogP contribution in [0.1, 0.15) is 11.4 Å². The number of hydrogen-bond acceptors (Lipinski definition) is 6. The van der Waals surface area contributed by atoms with Gasteiger partial charge in [0.25, 0.3) is 15.6 Å². The van der Waals surface area contributed by atoms with Crippen molar-refractivity contribution in [1.82, 2.24) is 9.38 Å². The van der Waals surface area contributed by atoms with Crippen molar-refractivity contribution in [2.45, 2.75) is 18.4 Å². The van der Waals surface area contributed by atoms with Gasteiger partial charge in [0.2, 0.25) is 0 Å². The fraction of sp³-hybridized carbons (Fsp3) is 0.143. The van der Waals surface area contributed by atoms with E-state index in [1.807, 2.05) is 18.4 Å². The van der Waals surface area contributed by atoms with Crippen molar-refractivity contribution >= 4 is 37.7 Å². The molecule has 0 aliphatic heterocycles. The Labute approximate surface area is 178 Å². The zero-order valence-electron chi connectivity index (χ0n) is 16.4. The molecule has 9 heteroatoms. The molecular weight excluding hydrogens is 420 g/mol. The lowest BCUT2D eigenvalue weighted by Crippen LogP contribution is -2.26. The van der Waals surface area contributed by atoms with E-state index in [0.29, 0.717) is 28.6 Å². The second kappa shape index (κ2) is 7.92. The van der Waals surface area contributed by atoms with Crippen LogP contribution in [0, 0.1) is 6.92 Å². The molecule has 0 unspecified atom stereocenters. The largest absolute Gasteiger partial charge is 0.379 e. The van der Waals surface area contributed by atoms with Crippen molar-refractivity contribution in [2.24, 2.45) is 0 Å². The van der Waals surface area contributed by atoms with Gasteiger partial charge in [-0.1, -0.05) is 24.3 Å². The van der Waals surface area contributed by atoms with Gasteiger partial charge in [0, 0.05) is 29.9 Å². The van der Waals surface area contributed by atoms with Crippen molar-refractivity contribution in [3.8, 4) is 0 Å². The number of para-hydroxylation sites is 1. The van der Waals surface area contributed by atoms with Crippen LogP contribution >= 0.6 is 11.3 Å². The van der Waals surface area contributed by atoms with Gasteiger partial charge in [0.05, 0.1) is 22.8 Å². The lowest BCUT2D eigenvalue weighted by atomic mass is 10.3. The van der Waals surface area contributed by atoms with E-state index in [1.54, 1.807) is 52.9 Å². The SMILES string of the molecule is Cc1csc2nc(CNc3cccc(S(=O)(=O)N(C)c4ccccc4)c3)cc(=O)n12. The Bertz CT molecular complexity index is 1360. The van der Waals surface area contributed by atoms with Gasteiger partial charge in [0.1, 0.15) is 0 Å². The highest BCUT2D eigenvalue weighted by atomic mass is 32.2. The number of aromatic nitrogens is 2. The van der Waals surface area contributed by atoms with Crippen molar-refractivity contribution in [2.75, 3.05) is 16.7 Å². The number of sulfonamides is 1. The molecule has 0 saturated heterocycles. The molecule has 0 bridgehead atoms. The number of thiazole rings is 1. The van der Waals surface area contributed by atoms with Gasteiger partial charge in [-0.15, -0.1) is 11.3 Å². The van der Waals surface area contributed by atoms with E-state index in [1.165, 1.54) is 28.8 Å². The van der Waals surface area contributed by atoms with Crippen LogP contribution < -0.4 is 15.2 Å². The maximum atomic E-state index is 13.0. The van der Waals surface area contributed by atoms with Crippen molar-refractivity contribution < 1.29 is 8.42 Å². The molecule has 2 aromatic carbocycles. The second-order valence-corrected chi connectivity index (χ2v) is 9.58. The normalized spacial score (nSPS) is 11.5. The van der Waals surface area contributed by atoms with Crippen LogP contribution in [0.5, 0.6) is 0 Å². The third kappa shape index (κ3) is 3.81. The van der Waals surface area contributed by atoms with E-state index in [0.717, 1.165) is 5.69 Å². The van der Waals surface area contributed by atoms with E-state index in [9.17, 15) is 13.2 Å². The van der Waals surface area contributed by atoms with Gasteiger partial charge in [-0.25, -0.2) is 13.4 Å². The summed E-state index contributed by atoms with van der Waals surface area (Å²) in [7, 11) is -2.18. The second-order valence-electron chi connectivity index (χ2n) is 6.77. The van der Waals surface area contributed by atoms with E-state index < -0.39 is 10.0 Å². The smallest absolute Gasteiger partial charge is 0.264 e. The number of benzene rings is 2. The molecule has 0 spiro atoms. The number of aryl methyl sites for hydroxylation is 1. The summed E-state index contributed by atoms with van der Waals surface area (Å²) in [6.45, 7) is 2.17. The number of fused-ring (bicyclic) bond motifs is 1. The zero-order valence-corrected chi connectivity index (χ0v) is 18.1. The van der Waals surface area contributed by atoms with Crippen LogP contribution in [0.2, 0.25) is 0 Å². The van der Waals surface area contributed by atoms with Crippen LogP contribution in [0.4, 0.5) is 11.4 Å². The number of hydrogen-bond donors (Lipinski definition) is 1. The Morgan fingerprint density at radius 3 is 2.63 bits per heavy atom. The molecule has 0 aliphatic carbocycles. The average molecular weight is 441 g/mol. The standard InChI is InChI=1S/C21H20N4O3S2/c1-15-14-29-21-23-17(12-20(26)25(15)21)13-22-16-7-6-10-19(11-16)30(27,28)24(2)18-8-4-3-5-9-18/h3-12,14,22H,13H2,1-2H3. The molecule has 1 N–H and O–H groups in total. The Kier molecular flexibility index (Phi) is 5.31. The molecule has 154 valence electrons. The van der Waals surface area contributed by atoms with Crippen LogP contribution in [0.3, 0.4) is 0 Å². The fourth-order valence-electron chi connectivity index (χ4n) is 3.09.